The molecule has 1 saturated heterocycles. The van der Waals surface area contributed by atoms with Crippen LogP contribution in [0.1, 0.15) is 28.4 Å². The summed E-state index contributed by atoms with van der Waals surface area (Å²) in [6, 6.07) is 26.1. The van der Waals surface area contributed by atoms with Gasteiger partial charge in [-0.2, -0.15) is 0 Å². The molecule has 2 aromatic heterocycles. The van der Waals surface area contributed by atoms with Crippen LogP contribution < -0.4 is 5.32 Å². The van der Waals surface area contributed by atoms with E-state index in [1.54, 1.807) is 4.90 Å². The first-order valence-electron chi connectivity index (χ1n) is 14.2. The largest absolute Gasteiger partial charge is 0.445 e. The molecule has 0 saturated carbocycles. The van der Waals surface area contributed by atoms with Gasteiger partial charge >= 0.3 is 6.09 Å². The maximum absolute atomic E-state index is 13.6. The number of amides is 2. The van der Waals surface area contributed by atoms with E-state index < -0.39 is 0 Å². The molecule has 6 rings (SSSR count). The van der Waals surface area contributed by atoms with E-state index in [9.17, 15) is 9.59 Å². The summed E-state index contributed by atoms with van der Waals surface area (Å²) >= 11 is 3.55. The summed E-state index contributed by atoms with van der Waals surface area (Å²) in [5, 5.41) is 5.02. The fraction of sp³-hybridized carbons (Fsp3) is 0.273. The Bertz CT molecular complexity index is 1720. The minimum Gasteiger partial charge on any atom is -0.445 e. The molecule has 0 atom stereocenters. The Morgan fingerprint density at radius 3 is 2.60 bits per heavy atom. The Morgan fingerprint density at radius 1 is 1.00 bits per heavy atom. The molecule has 1 fully saturated rings. The van der Waals surface area contributed by atoms with E-state index in [-0.39, 0.29) is 18.6 Å². The molecule has 0 bridgehead atoms. The summed E-state index contributed by atoms with van der Waals surface area (Å²) in [6.45, 7) is 6.20. The number of H-pyrrole nitrogens is 2. The Hall–Kier alpha value is -4.26. The molecular weight excluding hydrogens is 594 g/mol. The summed E-state index contributed by atoms with van der Waals surface area (Å²) in [6.07, 6.45) is 0.595. The van der Waals surface area contributed by atoms with Crippen LogP contribution in [0.3, 0.4) is 0 Å². The molecule has 2 amide bonds. The fourth-order valence-corrected chi connectivity index (χ4v) is 5.73. The Labute approximate surface area is 253 Å². The molecule has 5 aromatic rings. The molecule has 0 spiro atoms. The molecule has 3 heterocycles. The molecule has 8 nitrogen and oxygen atoms in total. The van der Waals surface area contributed by atoms with Crippen molar-refractivity contribution < 1.29 is 14.3 Å². The number of piperazine rings is 1. The molecule has 0 aliphatic carbocycles. The SMILES string of the molecule is CCc1c#cc2[nH]c(-c3[nH]c4cc(Br)ccc4c3C(=O)NCCN3CCN(C(=O)OCc4ccccc4)CC3)cc2c1. The van der Waals surface area contributed by atoms with E-state index in [4.69, 9.17) is 4.74 Å². The van der Waals surface area contributed by atoms with Gasteiger partial charge in [0, 0.05) is 65.6 Å². The summed E-state index contributed by atoms with van der Waals surface area (Å²) in [5.41, 5.74) is 5.98. The van der Waals surface area contributed by atoms with Crippen molar-refractivity contribution in [3.8, 4) is 11.4 Å². The predicted molar refractivity (Wildman–Crippen MR) is 167 cm³/mol. The number of carbonyl (C=O) groups is 2. The highest BCUT2D eigenvalue weighted by atomic mass is 79.9. The zero-order valence-electron chi connectivity index (χ0n) is 23.4. The number of rotatable bonds is 8. The highest BCUT2D eigenvalue weighted by Crippen LogP contribution is 2.33. The highest BCUT2D eigenvalue weighted by molar-refractivity contribution is 9.10. The van der Waals surface area contributed by atoms with Crippen LogP contribution in [0.4, 0.5) is 4.79 Å². The topological polar surface area (TPSA) is 93.5 Å². The van der Waals surface area contributed by atoms with Crippen LogP contribution in [-0.4, -0.2) is 71.0 Å². The van der Waals surface area contributed by atoms with Gasteiger partial charge < -0.3 is 24.9 Å². The van der Waals surface area contributed by atoms with Crippen molar-refractivity contribution >= 4 is 49.7 Å². The average Bonchev–Trinajstić information content (AvgIpc) is 3.61. The third-order valence-corrected chi connectivity index (χ3v) is 8.21. The quantitative estimate of drug-likeness (QED) is 0.199. The molecule has 42 heavy (non-hydrogen) atoms. The normalized spacial score (nSPS) is 13.8. The van der Waals surface area contributed by atoms with Crippen molar-refractivity contribution in [1.82, 2.24) is 25.1 Å². The van der Waals surface area contributed by atoms with E-state index in [0.29, 0.717) is 31.7 Å². The maximum Gasteiger partial charge on any atom is 0.410 e. The summed E-state index contributed by atoms with van der Waals surface area (Å²) in [7, 11) is 0. The third kappa shape index (κ3) is 6.01. The monoisotopic (exact) mass is 625 g/mol. The van der Waals surface area contributed by atoms with Crippen molar-refractivity contribution in [2.24, 2.45) is 0 Å². The number of nitrogens with one attached hydrogen (secondary N) is 3. The van der Waals surface area contributed by atoms with E-state index >= 15 is 0 Å². The minimum absolute atomic E-state index is 0.134. The van der Waals surface area contributed by atoms with Gasteiger partial charge in [0.2, 0.25) is 0 Å². The van der Waals surface area contributed by atoms with Gasteiger partial charge in [0.15, 0.2) is 0 Å². The molecule has 214 valence electrons. The van der Waals surface area contributed by atoms with Crippen LogP contribution in [0.5, 0.6) is 0 Å². The summed E-state index contributed by atoms with van der Waals surface area (Å²) in [4.78, 5) is 37.0. The molecule has 0 radical (unpaired) electrons. The number of nitrogens with zero attached hydrogens (tertiary/aromatic N) is 2. The standard InChI is InChI=1S/C33H32BrN5O3/c1-2-22-8-11-27-24(18-22)19-29(36-27)31-30(26-10-9-25(34)20-28(26)37-31)32(40)35-12-13-38-14-16-39(17-15-38)33(41)42-21-23-6-4-3-5-7-23/h3-7,9-10,18-20,36-37H,2,12-17,21H2,1H3,(H,35,40). The van der Waals surface area contributed by atoms with E-state index in [1.165, 1.54) is 0 Å². The van der Waals surface area contributed by atoms with Gasteiger partial charge in [-0.15, -0.1) is 0 Å². The molecule has 3 aromatic carbocycles. The van der Waals surface area contributed by atoms with Gasteiger partial charge in [0.25, 0.3) is 5.91 Å². The van der Waals surface area contributed by atoms with Crippen molar-refractivity contribution in [2.45, 2.75) is 20.0 Å². The first kappa shape index (κ1) is 27.9. The maximum atomic E-state index is 13.6. The lowest BCUT2D eigenvalue weighted by molar-refractivity contribution is 0.0716. The molecular formula is C33H32BrN5O3. The Kier molecular flexibility index (Phi) is 8.17. The van der Waals surface area contributed by atoms with Crippen LogP contribution in [0.2, 0.25) is 0 Å². The number of aromatic nitrogens is 2. The molecule has 1 aliphatic heterocycles. The Balaban J connectivity index is 1.09. The number of halogens is 1. The number of aryl methyl sites for hydroxylation is 1. The smallest absolute Gasteiger partial charge is 0.410 e. The van der Waals surface area contributed by atoms with Crippen molar-refractivity contribution in [3.63, 3.8) is 0 Å². The van der Waals surface area contributed by atoms with Crippen LogP contribution in [-0.2, 0) is 17.8 Å². The molecule has 3 N–H and O–H groups in total. The van der Waals surface area contributed by atoms with Gasteiger partial charge in [0.1, 0.15) is 6.61 Å². The van der Waals surface area contributed by atoms with Gasteiger partial charge in [-0.05, 0) is 42.3 Å². The van der Waals surface area contributed by atoms with E-state index in [0.717, 1.165) is 68.3 Å². The van der Waals surface area contributed by atoms with Crippen LogP contribution >= 0.6 is 15.9 Å². The number of hydrogen-bond acceptors (Lipinski definition) is 4. The minimum atomic E-state index is -0.288. The second kappa shape index (κ2) is 12.3. The summed E-state index contributed by atoms with van der Waals surface area (Å²) in [5.74, 6) is -0.134. The average molecular weight is 627 g/mol. The fourth-order valence-electron chi connectivity index (χ4n) is 5.37. The first-order valence-corrected chi connectivity index (χ1v) is 15.0. The number of fused-ring (bicyclic) bond motifs is 2. The second-order valence-corrected chi connectivity index (χ2v) is 11.4. The van der Waals surface area contributed by atoms with Crippen molar-refractivity contribution in [1.29, 1.82) is 0 Å². The molecule has 1 aliphatic rings. The lowest BCUT2D eigenvalue weighted by Gasteiger charge is -2.34. The van der Waals surface area contributed by atoms with E-state index in [1.807, 2.05) is 48.5 Å². The van der Waals surface area contributed by atoms with Crippen LogP contribution in [0.25, 0.3) is 33.2 Å². The highest BCUT2D eigenvalue weighted by Gasteiger charge is 2.24. The number of hydrogen-bond donors (Lipinski definition) is 3. The number of carbonyl (C=O) groups excluding carboxylic acids is 2. The van der Waals surface area contributed by atoms with Gasteiger partial charge in [0.05, 0.1) is 22.5 Å². The van der Waals surface area contributed by atoms with Crippen molar-refractivity contribution in [2.75, 3.05) is 39.3 Å². The Morgan fingerprint density at radius 2 is 1.81 bits per heavy atom. The second-order valence-electron chi connectivity index (χ2n) is 10.5. The summed E-state index contributed by atoms with van der Waals surface area (Å²) < 4.78 is 6.41. The van der Waals surface area contributed by atoms with Gasteiger partial charge in [-0.1, -0.05) is 65.3 Å². The van der Waals surface area contributed by atoms with Gasteiger partial charge in [-0.3, -0.25) is 9.69 Å². The lowest BCUT2D eigenvalue weighted by Crippen LogP contribution is -2.50. The molecule has 0 unspecified atom stereocenters. The lowest BCUT2D eigenvalue weighted by atomic mass is 10.1. The van der Waals surface area contributed by atoms with Crippen LogP contribution in [0.15, 0.2) is 65.1 Å². The van der Waals surface area contributed by atoms with E-state index in [2.05, 4.69) is 67.3 Å². The molecule has 9 heteroatoms. The number of aromatic amines is 2. The first-order chi connectivity index (χ1) is 20.5. The zero-order chi connectivity index (χ0) is 29.1. The number of benzene rings is 2. The zero-order valence-corrected chi connectivity index (χ0v) is 25.0. The van der Waals surface area contributed by atoms with Gasteiger partial charge in [-0.25, -0.2) is 4.79 Å². The third-order valence-electron chi connectivity index (χ3n) is 7.71. The van der Waals surface area contributed by atoms with Crippen LogP contribution in [0, 0.1) is 12.1 Å². The number of ether oxygens (including phenoxy) is 1. The van der Waals surface area contributed by atoms with Crippen molar-refractivity contribution in [3.05, 3.63) is 94.0 Å². The predicted octanol–water partition coefficient (Wildman–Crippen LogP) is 5.93.